The molecule has 1 amide bonds. The van der Waals surface area contributed by atoms with Crippen molar-refractivity contribution in [3.63, 3.8) is 0 Å². The molecule has 2 unspecified atom stereocenters. The molecule has 3 aromatic rings. The summed E-state index contributed by atoms with van der Waals surface area (Å²) in [6, 6.07) is 17.5. The number of pyridine rings is 1. The van der Waals surface area contributed by atoms with Crippen molar-refractivity contribution >= 4 is 46.1 Å². The summed E-state index contributed by atoms with van der Waals surface area (Å²) in [5.74, 6) is 1.11. The molecule has 1 heterocycles. The van der Waals surface area contributed by atoms with Gasteiger partial charge in [-0.25, -0.2) is 4.98 Å². The van der Waals surface area contributed by atoms with E-state index in [2.05, 4.69) is 10.3 Å². The Morgan fingerprint density at radius 2 is 1.86 bits per heavy atom. The van der Waals surface area contributed by atoms with Gasteiger partial charge < -0.3 is 14.8 Å². The number of rotatable bonds is 11. The van der Waals surface area contributed by atoms with Crippen molar-refractivity contribution in [3.8, 4) is 5.75 Å². The number of hydrogen-bond donors (Lipinski definition) is 1. The number of benzene rings is 2. The number of hydrogen-bond acceptors (Lipinski definition) is 6. The fraction of sp³-hybridized carbons (Fsp3) is 0.414. The van der Waals surface area contributed by atoms with Crippen LogP contribution in [0.4, 0.5) is 0 Å². The number of nitrogens with one attached hydrogen (secondary N) is 1. The summed E-state index contributed by atoms with van der Waals surface area (Å²) < 4.78 is 11.0. The molecule has 0 saturated heterocycles. The number of halogens is 1. The highest BCUT2D eigenvalue weighted by molar-refractivity contribution is 7.99. The molecule has 1 N–H and O–H groups in total. The number of thioether (sulfide) groups is 1. The van der Waals surface area contributed by atoms with Crippen LogP contribution in [0.3, 0.4) is 0 Å². The molecular formula is C29H35ClN2O4S. The third kappa shape index (κ3) is 9.24. The second-order valence-corrected chi connectivity index (χ2v) is 11.8. The average molecular weight is 543 g/mol. The van der Waals surface area contributed by atoms with Crippen LogP contribution in [0.25, 0.3) is 10.9 Å². The van der Waals surface area contributed by atoms with Gasteiger partial charge in [0.1, 0.15) is 12.4 Å². The lowest BCUT2D eigenvalue weighted by Crippen LogP contribution is -2.40. The molecule has 0 saturated carbocycles. The summed E-state index contributed by atoms with van der Waals surface area (Å²) in [4.78, 5) is 29.0. The minimum absolute atomic E-state index is 0.00489. The molecule has 37 heavy (non-hydrogen) atoms. The van der Waals surface area contributed by atoms with Gasteiger partial charge in [0.15, 0.2) is 0 Å². The Morgan fingerprint density at radius 1 is 1.11 bits per heavy atom. The molecule has 2 aromatic carbocycles. The van der Waals surface area contributed by atoms with E-state index in [0.717, 1.165) is 22.2 Å². The van der Waals surface area contributed by atoms with Gasteiger partial charge >= 0.3 is 5.97 Å². The number of aromatic nitrogens is 1. The first-order valence-corrected chi connectivity index (χ1v) is 13.7. The van der Waals surface area contributed by atoms with Crippen molar-refractivity contribution < 1.29 is 19.1 Å². The lowest BCUT2D eigenvalue weighted by atomic mass is 9.97. The second kappa shape index (κ2) is 13.2. The summed E-state index contributed by atoms with van der Waals surface area (Å²) in [7, 11) is 1.40. The van der Waals surface area contributed by atoms with Crippen LogP contribution in [-0.2, 0) is 20.9 Å². The van der Waals surface area contributed by atoms with Crippen molar-refractivity contribution in [2.75, 3.05) is 12.9 Å². The van der Waals surface area contributed by atoms with E-state index >= 15 is 0 Å². The lowest BCUT2D eigenvalue weighted by Gasteiger charge is -2.25. The summed E-state index contributed by atoms with van der Waals surface area (Å²) >= 11 is 7.78. The Kier molecular flexibility index (Phi) is 10.2. The zero-order valence-corrected chi connectivity index (χ0v) is 23.6. The molecule has 3 rings (SSSR count). The molecule has 6 nitrogen and oxygen atoms in total. The molecule has 0 aliphatic carbocycles. The van der Waals surface area contributed by atoms with Crippen LogP contribution >= 0.6 is 23.4 Å². The van der Waals surface area contributed by atoms with Crippen molar-refractivity contribution in [2.24, 2.45) is 5.92 Å². The number of amides is 1. The van der Waals surface area contributed by atoms with E-state index in [1.807, 2.05) is 82.3 Å². The topological polar surface area (TPSA) is 77.5 Å². The van der Waals surface area contributed by atoms with Crippen molar-refractivity contribution in [1.82, 2.24) is 10.3 Å². The van der Waals surface area contributed by atoms with Gasteiger partial charge in [-0.1, -0.05) is 42.8 Å². The standard InChI is InChI=1S/C29H35ClN2O4S/c1-19(15-27(34)35-5)28(37-14-13-26(33)32-29(2,3)4)21-7-6-8-24(16-21)36-18-23-12-10-20-9-11-22(30)17-25(20)31-23/h6-12,16-17,19,28H,13-15,18H2,1-5H3,(H,32,33). The zero-order chi connectivity index (χ0) is 27.0. The molecular weight excluding hydrogens is 508 g/mol. The molecule has 0 bridgehead atoms. The number of fused-ring (bicyclic) bond motifs is 1. The number of carbonyl (C=O) groups is 2. The van der Waals surface area contributed by atoms with Gasteiger partial charge in [0.05, 0.1) is 18.3 Å². The van der Waals surface area contributed by atoms with Crippen LogP contribution < -0.4 is 10.1 Å². The van der Waals surface area contributed by atoms with E-state index in [4.69, 9.17) is 21.1 Å². The van der Waals surface area contributed by atoms with Gasteiger partial charge in [-0.15, -0.1) is 0 Å². The lowest BCUT2D eigenvalue weighted by molar-refractivity contribution is -0.141. The third-order valence-electron chi connectivity index (χ3n) is 5.66. The third-order valence-corrected chi connectivity index (χ3v) is 7.43. The molecule has 0 radical (unpaired) electrons. The van der Waals surface area contributed by atoms with Gasteiger partial charge in [0.25, 0.3) is 0 Å². The summed E-state index contributed by atoms with van der Waals surface area (Å²) in [5, 5.41) is 4.65. The molecule has 0 spiro atoms. The van der Waals surface area contributed by atoms with E-state index in [0.29, 0.717) is 29.6 Å². The number of ether oxygens (including phenoxy) is 2. The smallest absolute Gasteiger partial charge is 0.305 e. The summed E-state index contributed by atoms with van der Waals surface area (Å²) in [5.41, 5.74) is 2.39. The SMILES string of the molecule is COC(=O)CC(C)C(SCCC(=O)NC(C)(C)C)c1cccc(OCc2ccc3ccc(Cl)cc3n2)c1. The fourth-order valence-electron chi connectivity index (χ4n) is 3.95. The summed E-state index contributed by atoms with van der Waals surface area (Å²) in [6.45, 7) is 8.24. The normalized spacial score (nSPS) is 13.1. The molecule has 198 valence electrons. The van der Waals surface area contributed by atoms with Crippen LogP contribution in [0.15, 0.2) is 54.6 Å². The van der Waals surface area contributed by atoms with Gasteiger partial charge in [-0.2, -0.15) is 11.8 Å². The van der Waals surface area contributed by atoms with E-state index in [1.165, 1.54) is 7.11 Å². The number of nitrogens with zero attached hydrogens (tertiary/aromatic N) is 1. The molecule has 8 heteroatoms. The van der Waals surface area contributed by atoms with Gasteiger partial charge in [0.2, 0.25) is 5.91 Å². The maximum Gasteiger partial charge on any atom is 0.305 e. The van der Waals surface area contributed by atoms with E-state index in [9.17, 15) is 9.59 Å². The monoisotopic (exact) mass is 542 g/mol. The minimum atomic E-state index is -0.267. The molecule has 0 fully saturated rings. The zero-order valence-electron chi connectivity index (χ0n) is 22.0. The minimum Gasteiger partial charge on any atom is -0.487 e. The Balaban J connectivity index is 1.71. The predicted octanol–water partition coefficient (Wildman–Crippen LogP) is 6.75. The van der Waals surface area contributed by atoms with E-state index in [1.54, 1.807) is 11.8 Å². The van der Waals surface area contributed by atoms with Crippen molar-refractivity contribution in [1.29, 1.82) is 0 Å². The first-order chi connectivity index (χ1) is 17.5. The van der Waals surface area contributed by atoms with Crippen LogP contribution in [0, 0.1) is 5.92 Å². The molecule has 1 aromatic heterocycles. The van der Waals surface area contributed by atoms with Gasteiger partial charge in [-0.3, -0.25) is 9.59 Å². The van der Waals surface area contributed by atoms with Crippen LogP contribution in [-0.4, -0.2) is 35.3 Å². The highest BCUT2D eigenvalue weighted by Crippen LogP contribution is 2.39. The van der Waals surface area contributed by atoms with Crippen LogP contribution in [0.1, 0.15) is 57.0 Å². The maximum atomic E-state index is 12.3. The predicted molar refractivity (Wildman–Crippen MR) is 151 cm³/mol. The average Bonchev–Trinajstić information content (AvgIpc) is 2.84. The van der Waals surface area contributed by atoms with E-state index in [-0.39, 0.29) is 35.0 Å². The molecule has 0 aliphatic heterocycles. The first-order valence-electron chi connectivity index (χ1n) is 12.3. The second-order valence-electron chi connectivity index (χ2n) is 10.1. The fourth-order valence-corrected chi connectivity index (χ4v) is 5.44. The highest BCUT2D eigenvalue weighted by atomic mass is 35.5. The number of carbonyl (C=O) groups excluding carboxylic acids is 2. The van der Waals surface area contributed by atoms with Crippen LogP contribution in [0.2, 0.25) is 5.02 Å². The van der Waals surface area contributed by atoms with E-state index < -0.39 is 0 Å². The Morgan fingerprint density at radius 3 is 2.59 bits per heavy atom. The maximum absolute atomic E-state index is 12.3. The molecule has 2 atom stereocenters. The van der Waals surface area contributed by atoms with Gasteiger partial charge in [0, 0.05) is 39.8 Å². The Labute approximate surface area is 228 Å². The number of esters is 1. The molecule has 0 aliphatic rings. The van der Waals surface area contributed by atoms with Crippen molar-refractivity contribution in [3.05, 3.63) is 70.9 Å². The van der Waals surface area contributed by atoms with Gasteiger partial charge in [-0.05, 0) is 62.6 Å². The quantitative estimate of drug-likeness (QED) is 0.270. The Bertz CT molecular complexity index is 1230. The van der Waals surface area contributed by atoms with Crippen molar-refractivity contribution in [2.45, 2.75) is 57.9 Å². The van der Waals surface area contributed by atoms with Crippen LogP contribution in [0.5, 0.6) is 5.75 Å². The highest BCUT2D eigenvalue weighted by Gasteiger charge is 2.24. The Hall–Kier alpha value is -2.77. The summed E-state index contributed by atoms with van der Waals surface area (Å²) in [6.07, 6.45) is 0.689. The first kappa shape index (κ1) is 28.8. The number of methoxy groups -OCH3 is 1. The largest absolute Gasteiger partial charge is 0.487 e.